The molecule has 0 bridgehead atoms. The number of aliphatic imine (C=N–C) groups is 1. The number of benzene rings is 1. The van der Waals surface area contributed by atoms with Crippen LogP contribution in [-0.2, 0) is 4.74 Å². The molecule has 3 heteroatoms. The maximum absolute atomic E-state index is 5.59. The Morgan fingerprint density at radius 1 is 1.38 bits per heavy atom. The molecule has 0 saturated carbocycles. The molecule has 0 aliphatic carbocycles. The standard InChI is InChI=1S/C13H17NO2/c1-9-5-6-10(7-11(9)15-4)12-14-13(2,3)8-16-12/h5-7H,8H2,1-4H3. The number of hydrogen-bond acceptors (Lipinski definition) is 3. The van der Waals surface area contributed by atoms with Crippen molar-refractivity contribution in [3.63, 3.8) is 0 Å². The second kappa shape index (κ2) is 3.81. The van der Waals surface area contributed by atoms with Crippen molar-refractivity contribution in [2.45, 2.75) is 26.3 Å². The Hall–Kier alpha value is -1.51. The average molecular weight is 219 g/mol. The van der Waals surface area contributed by atoms with Crippen molar-refractivity contribution in [2.75, 3.05) is 13.7 Å². The fourth-order valence-corrected chi connectivity index (χ4v) is 1.69. The minimum absolute atomic E-state index is 0.118. The Morgan fingerprint density at radius 2 is 2.12 bits per heavy atom. The first-order valence-corrected chi connectivity index (χ1v) is 5.39. The zero-order chi connectivity index (χ0) is 11.8. The van der Waals surface area contributed by atoms with Crippen molar-refractivity contribution in [1.29, 1.82) is 0 Å². The molecule has 0 atom stereocenters. The Bertz CT molecular complexity index is 436. The maximum Gasteiger partial charge on any atom is 0.216 e. The van der Waals surface area contributed by atoms with Gasteiger partial charge in [0.05, 0.1) is 12.6 Å². The van der Waals surface area contributed by atoms with Crippen LogP contribution in [0.25, 0.3) is 0 Å². The smallest absolute Gasteiger partial charge is 0.216 e. The quantitative estimate of drug-likeness (QED) is 0.765. The minimum atomic E-state index is -0.118. The highest BCUT2D eigenvalue weighted by atomic mass is 16.5. The van der Waals surface area contributed by atoms with E-state index >= 15 is 0 Å². The fraction of sp³-hybridized carbons (Fsp3) is 0.462. The average Bonchev–Trinajstić information content (AvgIpc) is 2.59. The molecule has 16 heavy (non-hydrogen) atoms. The summed E-state index contributed by atoms with van der Waals surface area (Å²) in [5.41, 5.74) is 1.98. The third kappa shape index (κ3) is 2.03. The summed E-state index contributed by atoms with van der Waals surface area (Å²) in [6.07, 6.45) is 0. The van der Waals surface area contributed by atoms with Crippen molar-refractivity contribution in [2.24, 2.45) is 4.99 Å². The predicted molar refractivity (Wildman–Crippen MR) is 64.3 cm³/mol. The van der Waals surface area contributed by atoms with Gasteiger partial charge in [-0.1, -0.05) is 6.07 Å². The van der Waals surface area contributed by atoms with Crippen LogP contribution >= 0.6 is 0 Å². The van der Waals surface area contributed by atoms with E-state index in [9.17, 15) is 0 Å². The van der Waals surface area contributed by atoms with Crippen LogP contribution in [0.15, 0.2) is 23.2 Å². The van der Waals surface area contributed by atoms with Gasteiger partial charge in [0, 0.05) is 5.56 Å². The van der Waals surface area contributed by atoms with Crippen LogP contribution in [0.3, 0.4) is 0 Å². The zero-order valence-corrected chi connectivity index (χ0v) is 10.2. The van der Waals surface area contributed by atoms with Crippen LogP contribution in [0, 0.1) is 6.92 Å². The first-order valence-electron chi connectivity index (χ1n) is 5.39. The predicted octanol–water partition coefficient (Wildman–Crippen LogP) is 2.56. The van der Waals surface area contributed by atoms with E-state index in [1.807, 2.05) is 25.1 Å². The molecular formula is C13H17NO2. The first-order chi connectivity index (χ1) is 7.52. The summed E-state index contributed by atoms with van der Waals surface area (Å²) in [6, 6.07) is 6.00. The van der Waals surface area contributed by atoms with Gasteiger partial charge in [-0.15, -0.1) is 0 Å². The van der Waals surface area contributed by atoms with Crippen molar-refractivity contribution < 1.29 is 9.47 Å². The van der Waals surface area contributed by atoms with E-state index in [4.69, 9.17) is 9.47 Å². The third-order valence-corrected chi connectivity index (χ3v) is 2.62. The highest BCUT2D eigenvalue weighted by Crippen LogP contribution is 2.24. The molecule has 0 fully saturated rings. The first kappa shape index (κ1) is 11.0. The molecule has 1 aliphatic heterocycles. The zero-order valence-electron chi connectivity index (χ0n) is 10.2. The molecule has 0 unspecified atom stereocenters. The normalized spacial score (nSPS) is 17.9. The van der Waals surface area contributed by atoms with E-state index in [2.05, 4.69) is 18.8 Å². The van der Waals surface area contributed by atoms with E-state index in [-0.39, 0.29) is 5.54 Å². The Morgan fingerprint density at radius 3 is 2.69 bits per heavy atom. The van der Waals surface area contributed by atoms with Gasteiger partial charge in [-0.25, -0.2) is 4.99 Å². The molecular weight excluding hydrogens is 202 g/mol. The summed E-state index contributed by atoms with van der Waals surface area (Å²) >= 11 is 0. The van der Waals surface area contributed by atoms with Crippen molar-refractivity contribution in [3.8, 4) is 5.75 Å². The van der Waals surface area contributed by atoms with Crippen LogP contribution in [0.1, 0.15) is 25.0 Å². The molecule has 3 nitrogen and oxygen atoms in total. The monoisotopic (exact) mass is 219 g/mol. The van der Waals surface area contributed by atoms with E-state index < -0.39 is 0 Å². The largest absolute Gasteiger partial charge is 0.496 e. The van der Waals surface area contributed by atoms with E-state index in [0.717, 1.165) is 16.9 Å². The van der Waals surface area contributed by atoms with Crippen molar-refractivity contribution in [1.82, 2.24) is 0 Å². The molecule has 1 aromatic rings. The van der Waals surface area contributed by atoms with Crippen LogP contribution in [-0.4, -0.2) is 25.2 Å². The number of hydrogen-bond donors (Lipinski definition) is 0. The number of nitrogens with zero attached hydrogens (tertiary/aromatic N) is 1. The Balaban J connectivity index is 2.35. The van der Waals surface area contributed by atoms with Gasteiger partial charge in [0.2, 0.25) is 5.90 Å². The molecule has 0 amide bonds. The number of ether oxygens (including phenoxy) is 2. The van der Waals surface area contributed by atoms with Gasteiger partial charge >= 0.3 is 0 Å². The molecule has 1 aromatic carbocycles. The second-order valence-corrected chi connectivity index (χ2v) is 4.70. The molecule has 0 aromatic heterocycles. The summed E-state index contributed by atoms with van der Waals surface area (Å²) in [4.78, 5) is 4.53. The van der Waals surface area contributed by atoms with Gasteiger partial charge in [0.15, 0.2) is 0 Å². The minimum Gasteiger partial charge on any atom is -0.496 e. The SMILES string of the molecule is COc1cc(C2=NC(C)(C)CO2)ccc1C. The lowest BCUT2D eigenvalue weighted by Crippen LogP contribution is -2.17. The molecule has 0 spiro atoms. The number of methoxy groups -OCH3 is 1. The molecule has 1 heterocycles. The molecule has 2 rings (SSSR count). The third-order valence-electron chi connectivity index (χ3n) is 2.62. The summed E-state index contributed by atoms with van der Waals surface area (Å²) in [6.45, 7) is 6.78. The van der Waals surface area contributed by atoms with Gasteiger partial charge < -0.3 is 9.47 Å². The van der Waals surface area contributed by atoms with Crippen molar-refractivity contribution >= 4 is 5.90 Å². The van der Waals surface area contributed by atoms with Gasteiger partial charge in [0.1, 0.15) is 12.4 Å². The van der Waals surface area contributed by atoms with E-state index in [0.29, 0.717) is 12.5 Å². The highest BCUT2D eigenvalue weighted by molar-refractivity contribution is 5.95. The molecule has 0 saturated heterocycles. The summed E-state index contributed by atoms with van der Waals surface area (Å²) in [5.74, 6) is 1.58. The summed E-state index contributed by atoms with van der Waals surface area (Å²) in [7, 11) is 1.67. The second-order valence-electron chi connectivity index (χ2n) is 4.70. The van der Waals surface area contributed by atoms with Crippen LogP contribution in [0.2, 0.25) is 0 Å². The number of aryl methyl sites for hydroxylation is 1. The lowest BCUT2D eigenvalue weighted by Gasteiger charge is -2.07. The Labute approximate surface area is 96.1 Å². The number of rotatable bonds is 2. The van der Waals surface area contributed by atoms with Gasteiger partial charge in [-0.2, -0.15) is 0 Å². The van der Waals surface area contributed by atoms with Crippen LogP contribution in [0.4, 0.5) is 0 Å². The molecule has 86 valence electrons. The lowest BCUT2D eigenvalue weighted by atomic mass is 10.1. The van der Waals surface area contributed by atoms with E-state index in [1.54, 1.807) is 7.11 Å². The van der Waals surface area contributed by atoms with Crippen LogP contribution < -0.4 is 4.74 Å². The highest BCUT2D eigenvalue weighted by Gasteiger charge is 2.27. The van der Waals surface area contributed by atoms with Crippen molar-refractivity contribution in [3.05, 3.63) is 29.3 Å². The van der Waals surface area contributed by atoms with Crippen LogP contribution in [0.5, 0.6) is 5.75 Å². The summed E-state index contributed by atoms with van der Waals surface area (Å²) < 4.78 is 10.9. The molecule has 0 N–H and O–H groups in total. The lowest BCUT2D eigenvalue weighted by molar-refractivity contribution is 0.279. The fourth-order valence-electron chi connectivity index (χ4n) is 1.69. The van der Waals surface area contributed by atoms with Gasteiger partial charge in [-0.05, 0) is 38.5 Å². The Kier molecular flexibility index (Phi) is 2.62. The van der Waals surface area contributed by atoms with E-state index in [1.165, 1.54) is 0 Å². The van der Waals surface area contributed by atoms with Gasteiger partial charge in [0.25, 0.3) is 0 Å². The molecule has 0 radical (unpaired) electrons. The molecule has 1 aliphatic rings. The topological polar surface area (TPSA) is 30.8 Å². The maximum atomic E-state index is 5.59. The van der Waals surface area contributed by atoms with Gasteiger partial charge in [-0.3, -0.25) is 0 Å². The summed E-state index contributed by atoms with van der Waals surface area (Å²) in [5, 5.41) is 0.